The van der Waals surface area contributed by atoms with Gasteiger partial charge < -0.3 is 14.7 Å². The lowest BCUT2D eigenvalue weighted by molar-refractivity contribution is -0.119. The number of carbonyl (C=O) groups excluding carboxylic acids is 2. The van der Waals surface area contributed by atoms with E-state index < -0.39 is 0 Å². The predicted octanol–water partition coefficient (Wildman–Crippen LogP) is 2.07. The first-order chi connectivity index (χ1) is 13.1. The average molecular weight is 385 g/mol. The number of amides is 1. The minimum Gasteiger partial charge on any atom is -0.371 e. The molecule has 6 nitrogen and oxygen atoms in total. The Morgan fingerprint density at radius 2 is 1.59 bits per heavy atom. The molecule has 0 unspecified atom stereocenters. The zero-order valence-corrected chi connectivity index (χ0v) is 16.4. The third kappa shape index (κ3) is 4.25. The lowest BCUT2D eigenvalue weighted by Crippen LogP contribution is -2.46. The summed E-state index contributed by atoms with van der Waals surface area (Å²) in [7, 11) is 2.11. The molecule has 0 radical (unpaired) electrons. The highest BCUT2D eigenvalue weighted by molar-refractivity contribution is 8.18. The first-order valence-electron chi connectivity index (χ1n) is 9.41. The van der Waals surface area contributed by atoms with Crippen molar-refractivity contribution in [3.05, 3.63) is 34.7 Å². The number of thioether (sulfide) groups is 1. The normalized spacial score (nSPS) is 23.3. The number of hydrogen-bond donors (Lipinski definition) is 0. The Morgan fingerprint density at radius 3 is 2.26 bits per heavy atom. The second kappa shape index (κ2) is 7.86. The van der Waals surface area contributed by atoms with E-state index >= 15 is 0 Å². The van der Waals surface area contributed by atoms with Gasteiger partial charge in [0.2, 0.25) is 0 Å². The van der Waals surface area contributed by atoms with E-state index in [1.165, 1.54) is 11.8 Å². The number of benzene rings is 1. The molecule has 7 heteroatoms. The zero-order valence-electron chi connectivity index (χ0n) is 15.6. The van der Waals surface area contributed by atoms with Crippen LogP contribution in [-0.4, -0.2) is 73.0 Å². The molecular weight excluding hydrogens is 360 g/mol. The van der Waals surface area contributed by atoms with Crippen LogP contribution in [0.2, 0.25) is 0 Å². The Morgan fingerprint density at radius 1 is 0.926 bits per heavy atom. The van der Waals surface area contributed by atoms with E-state index in [9.17, 15) is 9.59 Å². The van der Waals surface area contributed by atoms with Gasteiger partial charge in [-0.15, -0.1) is 0 Å². The number of aliphatic imine (C=N–C) groups is 1. The van der Waals surface area contributed by atoms with Gasteiger partial charge in [0.1, 0.15) is 5.78 Å². The molecule has 142 valence electrons. The number of ketones is 1. The van der Waals surface area contributed by atoms with E-state index in [-0.39, 0.29) is 5.91 Å². The second-order valence-corrected chi connectivity index (χ2v) is 8.23. The van der Waals surface area contributed by atoms with Crippen molar-refractivity contribution in [3.8, 4) is 0 Å². The highest BCUT2D eigenvalue weighted by Crippen LogP contribution is 2.31. The van der Waals surface area contributed by atoms with Gasteiger partial charge in [-0.1, -0.05) is 12.1 Å². The number of carbonyl (C=O) groups is 2. The molecule has 1 amide bonds. The molecule has 27 heavy (non-hydrogen) atoms. The third-order valence-corrected chi connectivity index (χ3v) is 6.30. The van der Waals surface area contributed by atoms with Gasteiger partial charge in [0.15, 0.2) is 5.17 Å². The van der Waals surface area contributed by atoms with Crippen molar-refractivity contribution < 1.29 is 9.59 Å². The summed E-state index contributed by atoms with van der Waals surface area (Å²) in [6.07, 6.45) is 3.18. The van der Waals surface area contributed by atoms with Crippen LogP contribution < -0.4 is 4.90 Å². The van der Waals surface area contributed by atoms with E-state index in [0.29, 0.717) is 23.5 Å². The number of likely N-dealkylation sites (N-methyl/N-ethyl adjacent to an activating group) is 1. The molecule has 0 aromatic heterocycles. The first kappa shape index (κ1) is 18.3. The lowest BCUT2D eigenvalue weighted by atomic mass is 10.1. The number of Topliss-reactive ketones (excluding diaryl/α,β-unsaturated/α-hetero) is 1. The number of hydrogen-bond acceptors (Lipinski definition) is 6. The van der Waals surface area contributed by atoms with Crippen LogP contribution in [0, 0.1) is 0 Å². The van der Waals surface area contributed by atoms with E-state index in [4.69, 9.17) is 0 Å². The molecule has 0 N–H and O–H groups in total. The highest BCUT2D eigenvalue weighted by atomic mass is 32.2. The summed E-state index contributed by atoms with van der Waals surface area (Å²) in [5, 5.41) is 0.828. The fraction of sp³-hybridized carbons (Fsp3) is 0.450. The molecule has 2 saturated heterocycles. The molecular formula is C20H24N4O2S. The van der Waals surface area contributed by atoms with Crippen LogP contribution in [0.5, 0.6) is 0 Å². The predicted molar refractivity (Wildman–Crippen MR) is 110 cm³/mol. The topological polar surface area (TPSA) is 56.2 Å². The second-order valence-electron chi connectivity index (χ2n) is 7.22. The minimum absolute atomic E-state index is 0.146. The average Bonchev–Trinajstić information content (AvgIpc) is 3.04. The molecule has 1 aromatic carbocycles. The molecule has 3 aliphatic rings. The van der Waals surface area contributed by atoms with Crippen LogP contribution in [0.1, 0.15) is 18.4 Å². The Bertz CT molecular complexity index is 785. The highest BCUT2D eigenvalue weighted by Gasteiger charge is 2.27. The quantitative estimate of drug-likeness (QED) is 0.728. The molecule has 0 aliphatic carbocycles. The maximum atomic E-state index is 12.3. The molecule has 2 fully saturated rings. The van der Waals surface area contributed by atoms with Gasteiger partial charge in [-0.25, -0.2) is 0 Å². The van der Waals surface area contributed by atoms with Crippen LogP contribution in [0.4, 0.5) is 5.69 Å². The van der Waals surface area contributed by atoms with Crippen molar-refractivity contribution in [1.29, 1.82) is 0 Å². The van der Waals surface area contributed by atoms with Gasteiger partial charge in [0.05, 0.1) is 4.91 Å². The van der Waals surface area contributed by atoms with Crippen LogP contribution in [0.15, 0.2) is 34.2 Å². The number of nitrogens with zero attached hydrogens (tertiary/aromatic N) is 4. The summed E-state index contributed by atoms with van der Waals surface area (Å²) in [5.74, 6) is 0.202. The largest absolute Gasteiger partial charge is 0.371 e. The van der Waals surface area contributed by atoms with Gasteiger partial charge in [0, 0.05) is 57.8 Å². The summed E-state index contributed by atoms with van der Waals surface area (Å²) < 4.78 is 0. The minimum atomic E-state index is -0.146. The molecule has 1 aromatic rings. The maximum Gasteiger partial charge on any atom is 0.286 e. The summed E-state index contributed by atoms with van der Waals surface area (Å²) in [4.78, 5) is 35.3. The summed E-state index contributed by atoms with van der Waals surface area (Å²) in [6.45, 7) is 5.39. The monoisotopic (exact) mass is 384 g/mol. The molecule has 0 atom stereocenters. The Hall–Kier alpha value is -2.12. The van der Waals surface area contributed by atoms with Crippen LogP contribution in [0.3, 0.4) is 0 Å². The van der Waals surface area contributed by atoms with Gasteiger partial charge in [-0.2, -0.15) is 4.99 Å². The molecule has 3 aliphatic heterocycles. The van der Waals surface area contributed by atoms with Crippen molar-refractivity contribution in [2.24, 2.45) is 4.99 Å². The number of amidine groups is 1. The van der Waals surface area contributed by atoms with Crippen LogP contribution in [-0.2, 0) is 9.59 Å². The number of piperazine rings is 1. The molecule has 0 bridgehead atoms. The van der Waals surface area contributed by atoms with Gasteiger partial charge in [0.25, 0.3) is 5.91 Å². The lowest BCUT2D eigenvalue weighted by Gasteiger charge is -2.32. The van der Waals surface area contributed by atoms with E-state index in [1.807, 2.05) is 18.2 Å². The molecule has 0 spiro atoms. The van der Waals surface area contributed by atoms with Crippen molar-refractivity contribution in [1.82, 2.24) is 9.80 Å². The standard InChI is InChI=1S/C20H24N4O2S/c1-22-10-12-24(13-11-22)20-21-19(26)18(27-20)14-15-2-4-16(5-3-15)23-8-6-17(25)7-9-23/h2-5,14H,6-13H2,1H3. The molecule has 0 saturated carbocycles. The Balaban J connectivity index is 1.40. The van der Waals surface area contributed by atoms with Crippen LogP contribution in [0.25, 0.3) is 6.08 Å². The van der Waals surface area contributed by atoms with E-state index in [2.05, 4.69) is 38.9 Å². The fourth-order valence-corrected chi connectivity index (χ4v) is 4.44. The third-order valence-electron chi connectivity index (χ3n) is 5.26. The summed E-state index contributed by atoms with van der Waals surface area (Å²) in [6, 6.07) is 8.18. The Kier molecular flexibility index (Phi) is 5.31. The summed E-state index contributed by atoms with van der Waals surface area (Å²) in [5.41, 5.74) is 2.13. The van der Waals surface area contributed by atoms with Gasteiger partial charge >= 0.3 is 0 Å². The fourth-order valence-electron chi connectivity index (χ4n) is 3.48. The molecule has 3 heterocycles. The van der Waals surface area contributed by atoms with Crippen molar-refractivity contribution in [3.63, 3.8) is 0 Å². The van der Waals surface area contributed by atoms with E-state index in [0.717, 1.165) is 55.7 Å². The first-order valence-corrected chi connectivity index (χ1v) is 10.2. The number of piperidine rings is 1. The van der Waals surface area contributed by atoms with Crippen molar-refractivity contribution >= 4 is 40.4 Å². The van der Waals surface area contributed by atoms with E-state index in [1.54, 1.807) is 0 Å². The number of rotatable bonds is 2. The smallest absolute Gasteiger partial charge is 0.286 e. The summed E-state index contributed by atoms with van der Waals surface area (Å²) >= 11 is 1.47. The molecule has 4 rings (SSSR count). The van der Waals surface area contributed by atoms with Gasteiger partial charge in [-0.3, -0.25) is 9.59 Å². The van der Waals surface area contributed by atoms with Crippen molar-refractivity contribution in [2.75, 3.05) is 51.2 Å². The van der Waals surface area contributed by atoms with Crippen molar-refractivity contribution in [2.45, 2.75) is 12.8 Å². The van der Waals surface area contributed by atoms with Crippen LogP contribution >= 0.6 is 11.8 Å². The zero-order chi connectivity index (χ0) is 18.8. The number of anilines is 1. The van der Waals surface area contributed by atoms with Gasteiger partial charge in [-0.05, 0) is 42.6 Å². The SMILES string of the molecule is CN1CCN(C2=NC(=O)C(=Cc3ccc(N4CCC(=O)CC4)cc3)S2)CC1. The Labute approximate surface area is 163 Å². The maximum absolute atomic E-state index is 12.3.